The molecule has 0 aromatic heterocycles. The van der Waals surface area contributed by atoms with Crippen LogP contribution in [-0.2, 0) is 14.3 Å². The Morgan fingerprint density at radius 3 is 2.78 bits per heavy atom. The second-order valence-corrected chi connectivity index (χ2v) is 3.65. The van der Waals surface area contributed by atoms with Gasteiger partial charge in [0.2, 0.25) is 5.91 Å². The number of hydrogen-bond acceptors (Lipinski definition) is 4. The molecule has 0 atom stereocenters. The summed E-state index contributed by atoms with van der Waals surface area (Å²) < 4.78 is 4.61. The molecule has 1 amide bonds. The van der Waals surface area contributed by atoms with Crippen LogP contribution < -0.4 is 5.32 Å². The maximum absolute atomic E-state index is 11.4. The lowest BCUT2D eigenvalue weighted by atomic mass is 10.2. The van der Waals surface area contributed by atoms with Crippen LogP contribution in [0.5, 0.6) is 0 Å². The normalized spacial score (nSPS) is 9.56. The molecule has 0 aliphatic heterocycles. The van der Waals surface area contributed by atoms with E-state index in [2.05, 4.69) is 10.1 Å². The van der Waals surface area contributed by atoms with E-state index in [9.17, 15) is 9.59 Å². The lowest BCUT2D eigenvalue weighted by molar-refractivity contribution is -0.143. The van der Waals surface area contributed by atoms with Crippen LogP contribution in [0.25, 0.3) is 0 Å². The Bertz CT molecular complexity index is 510. The van der Waals surface area contributed by atoms with Gasteiger partial charge in [0.05, 0.1) is 22.3 Å². The lowest BCUT2D eigenvalue weighted by Gasteiger charge is -2.07. The summed E-state index contributed by atoms with van der Waals surface area (Å²) in [6, 6.07) is 6.31. The first-order valence-electron chi connectivity index (χ1n) is 4.82. The lowest BCUT2D eigenvalue weighted by Crippen LogP contribution is -2.20. The number of ether oxygens (including phenoxy) is 1. The van der Waals surface area contributed by atoms with Crippen LogP contribution in [0, 0.1) is 11.3 Å². The molecule has 94 valence electrons. The fraction of sp³-hybridized carbons (Fsp3) is 0.182. The monoisotopic (exact) mass is 268 g/mol. The van der Waals surface area contributed by atoms with E-state index in [1.54, 1.807) is 0 Å². The van der Waals surface area contributed by atoms with Crippen LogP contribution in [0.15, 0.2) is 18.2 Å². The highest BCUT2D eigenvalue weighted by Gasteiger charge is 2.08. The van der Waals surface area contributed by atoms with Gasteiger partial charge in [-0.25, -0.2) is 4.79 Å². The zero-order valence-electron chi connectivity index (χ0n) is 9.14. The summed E-state index contributed by atoms with van der Waals surface area (Å²) in [7, 11) is 0. The Morgan fingerprint density at radius 2 is 2.17 bits per heavy atom. The Balaban J connectivity index is 2.59. The number of carboxylic acid groups (broad SMARTS) is 1. The van der Waals surface area contributed by atoms with Gasteiger partial charge in [0.15, 0.2) is 0 Å². The number of hydrogen-bond donors (Lipinski definition) is 2. The number of anilines is 1. The molecule has 0 unspecified atom stereocenters. The molecule has 0 bridgehead atoms. The zero-order chi connectivity index (χ0) is 13.5. The van der Waals surface area contributed by atoms with E-state index in [-0.39, 0.29) is 10.7 Å². The molecule has 7 heteroatoms. The molecule has 1 rings (SSSR count). The number of carbonyl (C=O) groups excluding carboxylic acids is 1. The van der Waals surface area contributed by atoms with Crippen molar-refractivity contribution < 1.29 is 19.4 Å². The number of carbonyl (C=O) groups is 2. The molecule has 1 aromatic carbocycles. The molecule has 6 nitrogen and oxygen atoms in total. The number of nitrogens with one attached hydrogen (secondary N) is 1. The molecule has 0 aliphatic rings. The van der Waals surface area contributed by atoms with Gasteiger partial charge in [-0.05, 0) is 18.2 Å². The summed E-state index contributed by atoms with van der Waals surface area (Å²) in [5.74, 6) is -1.71. The minimum absolute atomic E-state index is 0.277. The van der Waals surface area contributed by atoms with E-state index >= 15 is 0 Å². The van der Waals surface area contributed by atoms with E-state index in [4.69, 9.17) is 22.0 Å². The van der Waals surface area contributed by atoms with Crippen LogP contribution in [0.1, 0.15) is 5.56 Å². The smallest absolute Gasteiger partial charge is 0.329 e. The number of benzene rings is 1. The van der Waals surface area contributed by atoms with E-state index < -0.39 is 25.1 Å². The highest BCUT2D eigenvalue weighted by Crippen LogP contribution is 2.22. The molecule has 0 radical (unpaired) electrons. The fourth-order valence-corrected chi connectivity index (χ4v) is 1.27. The molecular weight excluding hydrogens is 260 g/mol. The number of nitrogens with zero attached hydrogens (tertiary/aromatic N) is 1. The van der Waals surface area contributed by atoms with Gasteiger partial charge in [-0.3, -0.25) is 4.79 Å². The number of carboxylic acids is 1. The molecule has 2 N–H and O–H groups in total. The third-order valence-corrected chi connectivity index (χ3v) is 2.16. The van der Waals surface area contributed by atoms with Gasteiger partial charge < -0.3 is 15.2 Å². The average molecular weight is 269 g/mol. The number of amides is 1. The summed E-state index contributed by atoms with van der Waals surface area (Å²) in [4.78, 5) is 21.5. The Hall–Kier alpha value is -2.10. The first-order chi connectivity index (χ1) is 8.52. The number of aliphatic carboxylic acids is 1. The standard InChI is InChI=1S/C11H9ClN2O4/c12-8-2-1-7(4-13)3-9(8)14-10(15)5-18-6-11(16)17/h1-3H,5-6H2,(H,14,15)(H,16,17). The summed E-state index contributed by atoms with van der Waals surface area (Å²) in [6.45, 7) is -0.960. The predicted octanol–water partition coefficient (Wildman–Crippen LogP) is 1.25. The van der Waals surface area contributed by atoms with Crippen LogP contribution in [-0.4, -0.2) is 30.2 Å². The molecule has 0 spiro atoms. The van der Waals surface area contributed by atoms with E-state index in [0.29, 0.717) is 5.56 Å². The number of nitriles is 1. The fourth-order valence-electron chi connectivity index (χ4n) is 1.11. The van der Waals surface area contributed by atoms with Gasteiger partial charge in [0, 0.05) is 0 Å². The van der Waals surface area contributed by atoms with Gasteiger partial charge >= 0.3 is 5.97 Å². The van der Waals surface area contributed by atoms with Crippen molar-refractivity contribution in [3.8, 4) is 6.07 Å². The first kappa shape index (κ1) is 14.0. The zero-order valence-corrected chi connectivity index (χ0v) is 9.90. The first-order valence-corrected chi connectivity index (χ1v) is 5.19. The van der Waals surface area contributed by atoms with Crippen molar-refractivity contribution in [3.63, 3.8) is 0 Å². The predicted molar refractivity (Wildman–Crippen MR) is 63.3 cm³/mol. The van der Waals surface area contributed by atoms with Gasteiger partial charge in [0.25, 0.3) is 0 Å². The Labute approximate surface area is 108 Å². The minimum atomic E-state index is -1.16. The second kappa shape index (κ2) is 6.59. The van der Waals surface area contributed by atoms with Gasteiger partial charge in [-0.15, -0.1) is 0 Å². The van der Waals surface area contributed by atoms with Crippen LogP contribution in [0.4, 0.5) is 5.69 Å². The second-order valence-electron chi connectivity index (χ2n) is 3.24. The van der Waals surface area contributed by atoms with Crippen molar-refractivity contribution in [2.75, 3.05) is 18.5 Å². The van der Waals surface area contributed by atoms with Crippen molar-refractivity contribution >= 4 is 29.2 Å². The van der Waals surface area contributed by atoms with Crippen LogP contribution in [0.2, 0.25) is 5.02 Å². The third-order valence-electron chi connectivity index (χ3n) is 1.83. The van der Waals surface area contributed by atoms with Crippen molar-refractivity contribution in [1.82, 2.24) is 0 Å². The van der Waals surface area contributed by atoms with E-state index in [0.717, 1.165) is 0 Å². The number of halogens is 1. The molecule has 0 aliphatic carbocycles. The van der Waals surface area contributed by atoms with Crippen molar-refractivity contribution in [3.05, 3.63) is 28.8 Å². The highest BCUT2D eigenvalue weighted by atomic mass is 35.5. The van der Waals surface area contributed by atoms with Crippen molar-refractivity contribution in [2.24, 2.45) is 0 Å². The Kier molecular flexibility index (Phi) is 5.11. The summed E-state index contributed by atoms with van der Waals surface area (Å²) in [5, 5.41) is 19.7. The van der Waals surface area contributed by atoms with Gasteiger partial charge in [0.1, 0.15) is 13.2 Å². The molecule has 0 heterocycles. The van der Waals surface area contributed by atoms with E-state index in [1.165, 1.54) is 18.2 Å². The topological polar surface area (TPSA) is 99.4 Å². The molecule has 1 aromatic rings. The van der Waals surface area contributed by atoms with Crippen molar-refractivity contribution in [1.29, 1.82) is 5.26 Å². The molecular formula is C11H9ClN2O4. The summed E-state index contributed by atoms with van der Waals surface area (Å²) >= 11 is 5.82. The molecule has 18 heavy (non-hydrogen) atoms. The maximum Gasteiger partial charge on any atom is 0.329 e. The maximum atomic E-state index is 11.4. The molecule has 0 saturated carbocycles. The van der Waals surface area contributed by atoms with E-state index in [1.807, 2.05) is 6.07 Å². The van der Waals surface area contributed by atoms with Gasteiger partial charge in [-0.2, -0.15) is 5.26 Å². The summed E-state index contributed by atoms with van der Waals surface area (Å²) in [5.41, 5.74) is 0.626. The SMILES string of the molecule is N#Cc1ccc(Cl)c(NC(=O)COCC(=O)O)c1. The van der Waals surface area contributed by atoms with Gasteiger partial charge in [-0.1, -0.05) is 11.6 Å². The average Bonchev–Trinajstić information content (AvgIpc) is 2.31. The Morgan fingerprint density at radius 1 is 1.44 bits per heavy atom. The van der Waals surface area contributed by atoms with Crippen LogP contribution in [0.3, 0.4) is 0 Å². The van der Waals surface area contributed by atoms with Crippen molar-refractivity contribution in [2.45, 2.75) is 0 Å². The quantitative estimate of drug-likeness (QED) is 0.837. The minimum Gasteiger partial charge on any atom is -0.480 e. The largest absolute Gasteiger partial charge is 0.480 e. The van der Waals surface area contributed by atoms with Crippen LogP contribution >= 0.6 is 11.6 Å². The highest BCUT2D eigenvalue weighted by molar-refractivity contribution is 6.33. The number of rotatable bonds is 5. The summed E-state index contributed by atoms with van der Waals surface area (Å²) in [6.07, 6.45) is 0. The molecule has 0 fully saturated rings. The third kappa shape index (κ3) is 4.41. The molecule has 0 saturated heterocycles.